The molecular formula is C29H38O9. The second-order valence-corrected chi connectivity index (χ2v) is 11.6. The van der Waals surface area contributed by atoms with E-state index in [2.05, 4.69) is 19.9 Å². The van der Waals surface area contributed by atoms with Gasteiger partial charge in [0.1, 0.15) is 24.4 Å². The molecule has 5 aliphatic rings. The van der Waals surface area contributed by atoms with Gasteiger partial charge >= 0.3 is 11.9 Å². The van der Waals surface area contributed by atoms with Crippen molar-refractivity contribution in [1.29, 1.82) is 0 Å². The average Bonchev–Trinajstić information content (AvgIpc) is 3.64. The number of carbonyl (C=O) groups is 2. The van der Waals surface area contributed by atoms with Crippen molar-refractivity contribution in [3.05, 3.63) is 47.6 Å². The molecule has 1 saturated carbocycles. The number of hydrogen-bond acceptors (Lipinski definition) is 9. The molecular weight excluding hydrogens is 492 g/mol. The molecule has 2 saturated heterocycles. The molecule has 3 heterocycles. The Morgan fingerprint density at radius 1 is 1.11 bits per heavy atom. The first kappa shape index (κ1) is 27.3. The Bertz CT molecular complexity index is 1080. The minimum Gasteiger partial charge on any atom is -0.462 e. The van der Waals surface area contributed by atoms with E-state index in [1.165, 1.54) is 17.7 Å². The summed E-state index contributed by atoms with van der Waals surface area (Å²) in [5, 5.41) is 20.6. The van der Waals surface area contributed by atoms with Crippen molar-refractivity contribution in [2.24, 2.45) is 10.8 Å². The van der Waals surface area contributed by atoms with Crippen LogP contribution in [0.1, 0.15) is 47.0 Å². The first-order valence-electron chi connectivity index (χ1n) is 13.4. The number of hydrogen-bond donors (Lipinski definition) is 2. The molecule has 2 N–H and O–H groups in total. The Morgan fingerprint density at radius 2 is 1.87 bits per heavy atom. The topological polar surface area (TPSA) is 124 Å². The van der Waals surface area contributed by atoms with Crippen LogP contribution in [-0.4, -0.2) is 84.2 Å². The highest BCUT2D eigenvalue weighted by molar-refractivity contribution is 5.83. The van der Waals surface area contributed by atoms with Crippen LogP contribution >= 0.6 is 0 Å². The van der Waals surface area contributed by atoms with Crippen LogP contribution in [0.25, 0.3) is 0 Å². The van der Waals surface area contributed by atoms with Crippen LogP contribution in [0.5, 0.6) is 0 Å². The van der Waals surface area contributed by atoms with Gasteiger partial charge in [0.15, 0.2) is 0 Å². The number of aliphatic hydroxyl groups excluding tert-OH is 2. The van der Waals surface area contributed by atoms with Crippen molar-refractivity contribution >= 4 is 11.9 Å². The molecule has 208 valence electrons. The van der Waals surface area contributed by atoms with Gasteiger partial charge < -0.3 is 33.9 Å². The number of epoxide rings is 1. The third-order valence-electron chi connectivity index (χ3n) is 9.39. The standard InChI is InChI=1S/C29H38O9/c1-17-9-10-28-15-35-26(33)12-18(2)20(31)14-34-21(19(3)30)7-5-6-8-25(32)38-22-13-24(37-23(28)11-17)29(16-36-29)27(22,28)4/h5-8,11-12,19-24,30-31H,9-10,13-16H2,1-4H3/b7-5+,8-6-,18-12+/t19?,20-,21+,22+,23+,24+,27+,28+,29-/m0/s1. The van der Waals surface area contributed by atoms with Crippen LogP contribution in [0.15, 0.2) is 47.6 Å². The van der Waals surface area contributed by atoms with Gasteiger partial charge in [-0.1, -0.05) is 36.8 Å². The predicted molar refractivity (Wildman–Crippen MR) is 136 cm³/mol. The Balaban J connectivity index is 1.52. The van der Waals surface area contributed by atoms with Crippen molar-refractivity contribution in [3.63, 3.8) is 0 Å². The van der Waals surface area contributed by atoms with E-state index in [-0.39, 0.29) is 25.4 Å². The molecule has 9 nitrogen and oxygen atoms in total. The van der Waals surface area contributed by atoms with Gasteiger partial charge in [0.25, 0.3) is 0 Å². The molecule has 0 aromatic rings. The van der Waals surface area contributed by atoms with Crippen molar-refractivity contribution in [2.75, 3.05) is 19.8 Å². The third kappa shape index (κ3) is 4.38. The zero-order chi connectivity index (χ0) is 27.3. The molecule has 0 radical (unpaired) electrons. The molecule has 0 aromatic heterocycles. The summed E-state index contributed by atoms with van der Waals surface area (Å²) in [6, 6.07) is 0. The molecule has 38 heavy (non-hydrogen) atoms. The molecule has 9 heteroatoms. The van der Waals surface area contributed by atoms with E-state index in [9.17, 15) is 19.8 Å². The minimum absolute atomic E-state index is 0.0573. The molecule has 2 spiro atoms. The van der Waals surface area contributed by atoms with Gasteiger partial charge in [0.2, 0.25) is 0 Å². The Morgan fingerprint density at radius 3 is 2.58 bits per heavy atom. The second kappa shape index (κ2) is 10.0. The van der Waals surface area contributed by atoms with E-state index in [1.807, 2.05) is 0 Å². The highest BCUT2D eigenvalue weighted by Crippen LogP contribution is 2.72. The zero-order valence-electron chi connectivity index (χ0n) is 22.4. The maximum Gasteiger partial charge on any atom is 0.331 e. The molecule has 9 atom stereocenters. The molecule has 5 rings (SSSR count). The van der Waals surface area contributed by atoms with Gasteiger partial charge in [-0.25, -0.2) is 9.59 Å². The number of cyclic esters (lactones) is 1. The maximum absolute atomic E-state index is 13.0. The first-order chi connectivity index (χ1) is 18.0. The number of rotatable bonds is 1. The fraction of sp³-hybridized carbons (Fsp3) is 0.655. The van der Waals surface area contributed by atoms with E-state index in [0.717, 1.165) is 6.42 Å². The smallest absolute Gasteiger partial charge is 0.331 e. The minimum atomic E-state index is -1.06. The lowest BCUT2D eigenvalue weighted by molar-refractivity contribution is -0.232. The first-order valence-corrected chi connectivity index (χ1v) is 13.4. The summed E-state index contributed by atoms with van der Waals surface area (Å²) in [6.07, 6.45) is 7.74. The van der Waals surface area contributed by atoms with E-state index in [0.29, 0.717) is 25.0 Å². The molecule has 2 bridgehead atoms. The van der Waals surface area contributed by atoms with Crippen LogP contribution in [0.4, 0.5) is 0 Å². The van der Waals surface area contributed by atoms with Crippen LogP contribution in [0.3, 0.4) is 0 Å². The SMILES string of the molecule is CC1=C[C@H]2O[C@@H]3C[C@H]4OC(=O)/C=C\C=C\[C@H](C(C)O)OC[C@H](O)/C(C)=C/C(=O)OC[C@@]2(CC1)[C@]4(C)[C@]31CO1. The van der Waals surface area contributed by atoms with Crippen molar-refractivity contribution in [3.8, 4) is 0 Å². The predicted octanol–water partition coefficient (Wildman–Crippen LogP) is 2.31. The summed E-state index contributed by atoms with van der Waals surface area (Å²) in [7, 11) is 0. The lowest BCUT2D eigenvalue weighted by atomic mass is 9.51. The van der Waals surface area contributed by atoms with Gasteiger partial charge in [0.05, 0.1) is 43.0 Å². The second-order valence-electron chi connectivity index (χ2n) is 11.6. The quantitative estimate of drug-likeness (QED) is 0.299. The number of aliphatic hydroxyl groups is 2. The van der Waals surface area contributed by atoms with Crippen molar-refractivity contribution < 1.29 is 43.5 Å². The zero-order valence-corrected chi connectivity index (χ0v) is 22.4. The lowest BCUT2D eigenvalue weighted by Crippen LogP contribution is -2.66. The van der Waals surface area contributed by atoms with E-state index in [1.54, 1.807) is 32.1 Å². The van der Waals surface area contributed by atoms with Crippen LogP contribution in [-0.2, 0) is 33.3 Å². The molecule has 1 unspecified atom stereocenters. The van der Waals surface area contributed by atoms with Gasteiger partial charge in [-0.3, -0.25) is 0 Å². The fourth-order valence-corrected chi connectivity index (χ4v) is 6.83. The highest BCUT2D eigenvalue weighted by atomic mass is 16.6. The van der Waals surface area contributed by atoms with Crippen LogP contribution in [0, 0.1) is 10.8 Å². The molecule has 0 amide bonds. The molecule has 3 fully saturated rings. The summed E-state index contributed by atoms with van der Waals surface area (Å²) < 4.78 is 30.3. The Hall–Kier alpha value is -2.30. The third-order valence-corrected chi connectivity index (χ3v) is 9.39. The van der Waals surface area contributed by atoms with Crippen LogP contribution in [0.2, 0.25) is 0 Å². The lowest BCUT2D eigenvalue weighted by Gasteiger charge is -2.58. The number of allylic oxidation sites excluding steroid dienone is 3. The number of ether oxygens (including phenoxy) is 5. The highest BCUT2D eigenvalue weighted by Gasteiger charge is 2.83. The van der Waals surface area contributed by atoms with Gasteiger partial charge in [0, 0.05) is 24.0 Å². The fourth-order valence-electron chi connectivity index (χ4n) is 6.83. The summed E-state index contributed by atoms with van der Waals surface area (Å²) in [4.78, 5) is 25.9. The normalized spacial score (nSPS) is 47.3. The van der Waals surface area contributed by atoms with Gasteiger partial charge in [-0.2, -0.15) is 0 Å². The van der Waals surface area contributed by atoms with Crippen LogP contribution < -0.4 is 0 Å². The van der Waals surface area contributed by atoms with E-state index < -0.39 is 52.8 Å². The van der Waals surface area contributed by atoms with Gasteiger partial charge in [-0.15, -0.1) is 0 Å². The van der Waals surface area contributed by atoms with Crippen molar-refractivity contribution in [1.82, 2.24) is 0 Å². The number of carbonyl (C=O) groups excluding carboxylic acids is 2. The summed E-state index contributed by atoms with van der Waals surface area (Å²) in [5.74, 6) is -1.08. The largest absolute Gasteiger partial charge is 0.462 e. The maximum atomic E-state index is 13.0. The number of esters is 2. The summed E-state index contributed by atoms with van der Waals surface area (Å²) >= 11 is 0. The Labute approximate surface area is 223 Å². The molecule has 2 aliphatic carbocycles. The molecule has 0 aromatic carbocycles. The van der Waals surface area contributed by atoms with Crippen molar-refractivity contribution in [2.45, 2.75) is 89.2 Å². The van der Waals surface area contributed by atoms with E-state index in [4.69, 9.17) is 23.7 Å². The Kier molecular flexibility index (Phi) is 7.19. The van der Waals surface area contributed by atoms with E-state index >= 15 is 0 Å². The summed E-state index contributed by atoms with van der Waals surface area (Å²) in [6.45, 7) is 7.78. The average molecular weight is 531 g/mol. The molecule has 3 aliphatic heterocycles. The summed E-state index contributed by atoms with van der Waals surface area (Å²) in [5.41, 5.74) is -0.328. The monoisotopic (exact) mass is 530 g/mol. The van der Waals surface area contributed by atoms with Gasteiger partial charge in [-0.05, 0) is 39.2 Å².